The van der Waals surface area contributed by atoms with Crippen molar-refractivity contribution < 1.29 is 10.0 Å². The van der Waals surface area contributed by atoms with Crippen molar-refractivity contribution in [2.45, 2.75) is 6.54 Å². The summed E-state index contributed by atoms with van der Waals surface area (Å²) in [4.78, 5) is 18.5. The number of aromatic amines is 1. The van der Waals surface area contributed by atoms with Crippen LogP contribution >= 0.6 is 11.6 Å². The second-order valence-electron chi connectivity index (χ2n) is 4.50. The number of amides is 1. The highest BCUT2D eigenvalue weighted by molar-refractivity contribution is 6.31. The van der Waals surface area contributed by atoms with Crippen molar-refractivity contribution in [3.05, 3.63) is 47.0 Å². The predicted octanol–water partition coefficient (Wildman–Crippen LogP) is 1.37. The third-order valence-corrected chi connectivity index (χ3v) is 3.11. The molecule has 0 aliphatic heterocycles. The quantitative estimate of drug-likeness (QED) is 0.382. The Balaban J connectivity index is 1.76. The molecule has 2 aromatic heterocycles. The summed E-state index contributed by atoms with van der Waals surface area (Å²) in [6, 6.07) is 5.41. The molecule has 0 aliphatic rings. The van der Waals surface area contributed by atoms with E-state index in [1.165, 1.54) is 11.6 Å². The zero-order valence-corrected chi connectivity index (χ0v) is 11.9. The lowest BCUT2D eigenvalue weighted by molar-refractivity contribution is -0.124. The first kappa shape index (κ1) is 14.2. The lowest BCUT2D eigenvalue weighted by Crippen LogP contribution is -2.14. The van der Waals surface area contributed by atoms with Gasteiger partial charge < -0.3 is 4.98 Å². The Bertz CT molecular complexity index is 853. The first-order valence-corrected chi connectivity index (χ1v) is 6.68. The number of carbonyl (C=O) groups is 1. The molecular weight excluding hydrogens is 308 g/mol. The van der Waals surface area contributed by atoms with Gasteiger partial charge in [0.05, 0.1) is 17.2 Å². The fourth-order valence-corrected chi connectivity index (χ4v) is 2.10. The van der Waals surface area contributed by atoms with Gasteiger partial charge >= 0.3 is 0 Å². The van der Waals surface area contributed by atoms with Crippen LogP contribution in [0, 0.1) is 0 Å². The number of rotatable bonds is 4. The molecule has 0 spiro atoms. The summed E-state index contributed by atoms with van der Waals surface area (Å²) in [5, 5.41) is 16.9. The largest absolute Gasteiger partial charge is 0.340 e. The van der Waals surface area contributed by atoms with E-state index in [1.807, 2.05) is 6.07 Å². The SMILES string of the molecule is O=C(/C=C/c1cn(Cc2nc3ccc(Cl)cc3[nH]2)nn1)NO. The number of nitrogens with one attached hydrogen (secondary N) is 2. The number of hydrogen-bond donors (Lipinski definition) is 3. The lowest BCUT2D eigenvalue weighted by Gasteiger charge is -1.94. The second kappa shape index (κ2) is 5.96. The van der Waals surface area contributed by atoms with Crippen LogP contribution in [0.2, 0.25) is 5.02 Å². The van der Waals surface area contributed by atoms with Crippen molar-refractivity contribution >= 4 is 34.6 Å². The smallest absolute Gasteiger partial charge is 0.267 e. The summed E-state index contributed by atoms with van der Waals surface area (Å²) in [7, 11) is 0. The van der Waals surface area contributed by atoms with Gasteiger partial charge in [-0.05, 0) is 24.3 Å². The number of benzene rings is 1. The van der Waals surface area contributed by atoms with Gasteiger partial charge in [0.25, 0.3) is 5.91 Å². The van der Waals surface area contributed by atoms with E-state index < -0.39 is 5.91 Å². The number of carbonyl (C=O) groups excluding carboxylic acids is 1. The Hall–Kier alpha value is -2.71. The molecule has 1 aromatic carbocycles. The van der Waals surface area contributed by atoms with Gasteiger partial charge in [0.15, 0.2) is 0 Å². The third-order valence-electron chi connectivity index (χ3n) is 2.88. The van der Waals surface area contributed by atoms with Gasteiger partial charge in [-0.25, -0.2) is 15.1 Å². The summed E-state index contributed by atoms with van der Waals surface area (Å²) in [6.45, 7) is 0.402. The Morgan fingerprint density at radius 1 is 1.50 bits per heavy atom. The molecule has 0 saturated carbocycles. The maximum absolute atomic E-state index is 10.9. The normalized spacial score (nSPS) is 11.4. The molecule has 3 N–H and O–H groups in total. The van der Waals surface area contributed by atoms with Crippen LogP contribution in [0.1, 0.15) is 11.5 Å². The highest BCUT2D eigenvalue weighted by Crippen LogP contribution is 2.17. The fraction of sp³-hybridized carbons (Fsp3) is 0.0769. The molecule has 0 fully saturated rings. The minimum Gasteiger partial charge on any atom is -0.340 e. The number of hydrogen-bond acceptors (Lipinski definition) is 5. The molecule has 112 valence electrons. The molecule has 22 heavy (non-hydrogen) atoms. The van der Waals surface area contributed by atoms with E-state index in [-0.39, 0.29) is 0 Å². The number of H-pyrrole nitrogens is 1. The molecule has 0 unspecified atom stereocenters. The summed E-state index contributed by atoms with van der Waals surface area (Å²) in [5.74, 6) is 0.0783. The van der Waals surface area contributed by atoms with Gasteiger partial charge in [0.1, 0.15) is 18.1 Å². The van der Waals surface area contributed by atoms with Gasteiger partial charge in [-0.15, -0.1) is 5.10 Å². The number of imidazole rings is 1. The summed E-state index contributed by atoms with van der Waals surface area (Å²) in [6.07, 6.45) is 4.24. The number of hydroxylamine groups is 1. The van der Waals surface area contributed by atoms with Crippen LogP contribution in [-0.4, -0.2) is 36.1 Å². The first-order valence-electron chi connectivity index (χ1n) is 6.30. The van der Waals surface area contributed by atoms with E-state index in [4.69, 9.17) is 16.8 Å². The molecule has 9 heteroatoms. The number of aromatic nitrogens is 5. The Morgan fingerprint density at radius 2 is 2.36 bits per heavy atom. The van der Waals surface area contributed by atoms with Gasteiger partial charge in [-0.3, -0.25) is 10.0 Å². The second-order valence-corrected chi connectivity index (χ2v) is 4.93. The van der Waals surface area contributed by atoms with E-state index >= 15 is 0 Å². The van der Waals surface area contributed by atoms with Gasteiger partial charge in [-0.1, -0.05) is 16.8 Å². The van der Waals surface area contributed by atoms with Gasteiger partial charge in [0.2, 0.25) is 0 Å². The molecular formula is C13H11ClN6O2. The minimum atomic E-state index is -0.635. The Labute approximate surface area is 129 Å². The molecule has 0 radical (unpaired) electrons. The van der Waals surface area contributed by atoms with Crippen molar-refractivity contribution in [1.29, 1.82) is 0 Å². The van der Waals surface area contributed by atoms with Gasteiger partial charge in [0, 0.05) is 11.1 Å². The van der Waals surface area contributed by atoms with E-state index in [1.54, 1.807) is 23.0 Å². The zero-order valence-electron chi connectivity index (χ0n) is 11.2. The van der Waals surface area contributed by atoms with Crippen molar-refractivity contribution in [2.24, 2.45) is 0 Å². The summed E-state index contributed by atoms with van der Waals surface area (Å²) in [5.41, 5.74) is 3.65. The molecule has 3 aromatic rings. The topological polar surface area (TPSA) is 109 Å². The Morgan fingerprint density at radius 3 is 3.18 bits per heavy atom. The maximum atomic E-state index is 10.9. The minimum absolute atomic E-state index is 0.402. The maximum Gasteiger partial charge on any atom is 0.267 e. The molecule has 0 saturated heterocycles. The predicted molar refractivity (Wildman–Crippen MR) is 79.2 cm³/mol. The molecule has 2 heterocycles. The van der Waals surface area contributed by atoms with E-state index in [0.717, 1.165) is 17.1 Å². The monoisotopic (exact) mass is 318 g/mol. The van der Waals surface area contributed by atoms with E-state index in [9.17, 15) is 4.79 Å². The average Bonchev–Trinajstić information content (AvgIpc) is 3.10. The van der Waals surface area contributed by atoms with Crippen LogP contribution in [0.25, 0.3) is 17.1 Å². The van der Waals surface area contributed by atoms with Crippen LogP contribution in [0.4, 0.5) is 0 Å². The third kappa shape index (κ3) is 3.13. The first-order chi connectivity index (χ1) is 10.6. The van der Waals surface area contributed by atoms with E-state index in [0.29, 0.717) is 23.1 Å². The van der Waals surface area contributed by atoms with Crippen LogP contribution in [0.15, 0.2) is 30.5 Å². The van der Waals surface area contributed by atoms with Crippen molar-refractivity contribution in [3.63, 3.8) is 0 Å². The van der Waals surface area contributed by atoms with E-state index in [2.05, 4.69) is 20.3 Å². The lowest BCUT2D eigenvalue weighted by atomic mass is 10.3. The highest BCUT2D eigenvalue weighted by atomic mass is 35.5. The van der Waals surface area contributed by atoms with Crippen LogP contribution in [0.3, 0.4) is 0 Å². The molecule has 8 nitrogen and oxygen atoms in total. The molecule has 0 bridgehead atoms. The van der Waals surface area contributed by atoms with Crippen LogP contribution < -0.4 is 5.48 Å². The van der Waals surface area contributed by atoms with Crippen molar-refractivity contribution in [1.82, 2.24) is 30.4 Å². The molecule has 1 amide bonds. The molecule has 0 atom stereocenters. The highest BCUT2D eigenvalue weighted by Gasteiger charge is 2.05. The van der Waals surface area contributed by atoms with Crippen molar-refractivity contribution in [3.8, 4) is 0 Å². The van der Waals surface area contributed by atoms with Crippen LogP contribution in [-0.2, 0) is 11.3 Å². The average molecular weight is 319 g/mol. The number of nitrogens with zero attached hydrogens (tertiary/aromatic N) is 4. The number of halogens is 1. The Kier molecular flexibility index (Phi) is 3.86. The molecule has 3 rings (SSSR count). The number of fused-ring (bicyclic) bond motifs is 1. The summed E-state index contributed by atoms with van der Waals surface area (Å²) >= 11 is 5.93. The van der Waals surface area contributed by atoms with Crippen LogP contribution in [0.5, 0.6) is 0 Å². The summed E-state index contributed by atoms with van der Waals surface area (Å²) < 4.78 is 1.58. The zero-order chi connectivity index (χ0) is 15.5. The van der Waals surface area contributed by atoms with Gasteiger partial charge in [-0.2, -0.15) is 0 Å². The van der Waals surface area contributed by atoms with Crippen molar-refractivity contribution in [2.75, 3.05) is 0 Å². The standard InChI is InChI=1S/C13H11ClN6O2/c14-8-1-3-10-11(5-8)16-12(15-10)7-20-6-9(17-19-20)2-4-13(21)18-22/h1-6,22H,7H2,(H,15,16)(H,18,21)/b4-2+. The molecule has 0 aliphatic carbocycles. The fourth-order valence-electron chi connectivity index (χ4n) is 1.93.